The molecular formula is C30H33ClN2O3. The van der Waals surface area contributed by atoms with E-state index in [-0.39, 0.29) is 23.6 Å². The van der Waals surface area contributed by atoms with Gasteiger partial charge in [0.1, 0.15) is 0 Å². The van der Waals surface area contributed by atoms with E-state index in [9.17, 15) is 9.59 Å². The quantitative estimate of drug-likeness (QED) is 0.257. The Morgan fingerprint density at radius 2 is 1.78 bits per heavy atom. The lowest BCUT2D eigenvalue weighted by Gasteiger charge is -2.33. The number of aryl methyl sites for hydroxylation is 2. The number of Topliss-reactive ketones (excluding diaryl/α,β-unsaturated/α-hetero) is 1. The highest BCUT2D eigenvalue weighted by molar-refractivity contribution is 6.30. The van der Waals surface area contributed by atoms with Crippen molar-refractivity contribution < 1.29 is 14.3 Å². The van der Waals surface area contributed by atoms with E-state index in [2.05, 4.69) is 34.1 Å². The molecule has 1 fully saturated rings. The first-order valence-electron chi connectivity index (χ1n) is 12.6. The van der Waals surface area contributed by atoms with E-state index in [1.54, 1.807) is 12.3 Å². The minimum atomic E-state index is -0.0909. The number of nitrogens with zero attached hydrogens (tertiary/aromatic N) is 2. The second-order valence-corrected chi connectivity index (χ2v) is 9.91. The molecule has 1 atom stereocenters. The van der Waals surface area contributed by atoms with Crippen LogP contribution >= 0.6 is 11.6 Å². The summed E-state index contributed by atoms with van der Waals surface area (Å²) in [6.45, 7) is 7.85. The van der Waals surface area contributed by atoms with E-state index in [0.29, 0.717) is 23.6 Å². The molecule has 0 aliphatic carbocycles. The molecule has 6 heteroatoms. The summed E-state index contributed by atoms with van der Waals surface area (Å²) in [6, 6.07) is 18.0. The summed E-state index contributed by atoms with van der Waals surface area (Å²) in [7, 11) is 0. The molecule has 2 heterocycles. The molecule has 3 aromatic rings. The highest BCUT2D eigenvalue weighted by Crippen LogP contribution is 2.34. The number of ketones is 1. The van der Waals surface area contributed by atoms with Crippen molar-refractivity contribution in [2.45, 2.75) is 46.0 Å². The summed E-state index contributed by atoms with van der Waals surface area (Å²) >= 11 is 6.23. The number of rotatable bonds is 8. The SMILES string of the molecule is CCOC(=O)C1CCN(c2ccc([C@@H](CC(=O)c3ccnc(C)c3)c3ccc(Cl)cc3C)cc2)CC1. The molecular weight excluding hydrogens is 472 g/mol. The molecule has 5 nitrogen and oxygen atoms in total. The van der Waals surface area contributed by atoms with Crippen LogP contribution in [0.4, 0.5) is 5.69 Å². The van der Waals surface area contributed by atoms with Crippen molar-refractivity contribution in [3.05, 3.63) is 93.8 Å². The lowest BCUT2D eigenvalue weighted by atomic mass is 9.83. The molecule has 0 bridgehead atoms. The van der Waals surface area contributed by atoms with Crippen molar-refractivity contribution in [1.29, 1.82) is 0 Å². The van der Waals surface area contributed by atoms with Crippen LogP contribution in [0, 0.1) is 19.8 Å². The molecule has 4 rings (SSSR count). The summed E-state index contributed by atoms with van der Waals surface area (Å²) in [6.07, 6.45) is 3.64. The summed E-state index contributed by atoms with van der Waals surface area (Å²) in [5.74, 6) is -0.0971. The summed E-state index contributed by atoms with van der Waals surface area (Å²) < 4.78 is 5.20. The number of carbonyl (C=O) groups excluding carboxylic acids is 2. The highest BCUT2D eigenvalue weighted by Gasteiger charge is 2.27. The van der Waals surface area contributed by atoms with Crippen LogP contribution in [-0.2, 0) is 9.53 Å². The first-order valence-corrected chi connectivity index (χ1v) is 13.0. The maximum Gasteiger partial charge on any atom is 0.309 e. The van der Waals surface area contributed by atoms with Gasteiger partial charge in [-0.25, -0.2) is 0 Å². The van der Waals surface area contributed by atoms with Crippen LogP contribution in [0.25, 0.3) is 0 Å². The maximum absolute atomic E-state index is 13.3. The van der Waals surface area contributed by atoms with Crippen molar-refractivity contribution in [3.8, 4) is 0 Å². The van der Waals surface area contributed by atoms with Crippen molar-refractivity contribution >= 4 is 29.0 Å². The normalized spacial score (nSPS) is 14.9. The molecule has 1 aliphatic heterocycles. The number of ether oxygens (including phenoxy) is 1. The average Bonchev–Trinajstić information content (AvgIpc) is 2.88. The second-order valence-electron chi connectivity index (χ2n) is 9.47. The molecule has 0 saturated carbocycles. The fourth-order valence-corrected chi connectivity index (χ4v) is 5.24. The van der Waals surface area contributed by atoms with E-state index in [1.807, 2.05) is 45.0 Å². The number of halogens is 1. The minimum Gasteiger partial charge on any atom is -0.466 e. The van der Waals surface area contributed by atoms with Crippen molar-refractivity contribution in [3.63, 3.8) is 0 Å². The Kier molecular flexibility index (Phi) is 8.42. The molecule has 0 amide bonds. The van der Waals surface area contributed by atoms with Gasteiger partial charge in [0.2, 0.25) is 0 Å². The monoisotopic (exact) mass is 504 g/mol. The molecule has 188 valence electrons. The molecule has 0 radical (unpaired) electrons. The Hall–Kier alpha value is -3.18. The van der Waals surface area contributed by atoms with E-state index in [4.69, 9.17) is 16.3 Å². The summed E-state index contributed by atoms with van der Waals surface area (Å²) in [5.41, 5.74) is 5.89. The Balaban J connectivity index is 1.55. The standard InChI is InChI=1S/C30H33ClN2O3/c1-4-36-30(35)23-12-15-33(16-13-23)26-8-5-22(6-9-26)28(27-10-7-25(31)17-20(27)2)19-29(34)24-11-14-32-21(3)18-24/h5-11,14,17-18,23,28H,4,12-13,15-16,19H2,1-3H3/t28-/m1/s1. The fraction of sp³-hybridized carbons (Fsp3) is 0.367. The Labute approximate surface area is 218 Å². The van der Waals surface area contributed by atoms with E-state index >= 15 is 0 Å². The molecule has 2 aromatic carbocycles. The number of aromatic nitrogens is 1. The fourth-order valence-electron chi connectivity index (χ4n) is 5.01. The number of carbonyl (C=O) groups is 2. The molecule has 36 heavy (non-hydrogen) atoms. The maximum atomic E-state index is 13.3. The van der Waals surface area contributed by atoms with Crippen LogP contribution in [0.15, 0.2) is 60.8 Å². The zero-order valence-corrected chi connectivity index (χ0v) is 21.9. The Bertz CT molecular complexity index is 1220. The van der Waals surface area contributed by atoms with E-state index < -0.39 is 0 Å². The zero-order valence-electron chi connectivity index (χ0n) is 21.2. The smallest absolute Gasteiger partial charge is 0.309 e. The topological polar surface area (TPSA) is 59.5 Å². The number of anilines is 1. The van der Waals surface area contributed by atoms with Crippen molar-refractivity contribution in [1.82, 2.24) is 4.98 Å². The van der Waals surface area contributed by atoms with Gasteiger partial charge in [0.25, 0.3) is 0 Å². The Morgan fingerprint density at radius 3 is 2.42 bits per heavy atom. The molecule has 0 spiro atoms. The predicted molar refractivity (Wildman–Crippen MR) is 144 cm³/mol. The third kappa shape index (κ3) is 6.14. The number of esters is 1. The van der Waals surface area contributed by atoms with Gasteiger partial charge in [-0.1, -0.05) is 29.8 Å². The highest BCUT2D eigenvalue weighted by atomic mass is 35.5. The van der Waals surface area contributed by atoms with E-state index in [1.165, 1.54) is 0 Å². The molecule has 1 saturated heterocycles. The first-order chi connectivity index (χ1) is 17.4. The second kappa shape index (κ2) is 11.7. The lowest BCUT2D eigenvalue weighted by molar-refractivity contribution is -0.148. The minimum absolute atomic E-state index is 0.0134. The number of piperidine rings is 1. The molecule has 0 N–H and O–H groups in total. The average molecular weight is 505 g/mol. The Morgan fingerprint density at radius 1 is 1.06 bits per heavy atom. The van der Waals surface area contributed by atoms with Gasteiger partial charge in [0, 0.05) is 53.6 Å². The van der Waals surface area contributed by atoms with Crippen LogP contribution < -0.4 is 4.90 Å². The number of pyridine rings is 1. The molecule has 1 aromatic heterocycles. The molecule has 1 aliphatic rings. The summed E-state index contributed by atoms with van der Waals surface area (Å²) in [4.78, 5) is 31.9. The zero-order chi connectivity index (χ0) is 25.7. The third-order valence-electron chi connectivity index (χ3n) is 6.99. The van der Waals surface area contributed by atoms with Crippen LogP contribution in [0.1, 0.15) is 64.8 Å². The number of benzene rings is 2. The number of hydrogen-bond acceptors (Lipinski definition) is 5. The first kappa shape index (κ1) is 25.9. The van der Waals surface area contributed by atoms with E-state index in [0.717, 1.165) is 54.0 Å². The van der Waals surface area contributed by atoms with Crippen LogP contribution in [-0.4, -0.2) is 36.4 Å². The predicted octanol–water partition coefficient (Wildman–Crippen LogP) is 6.54. The van der Waals surface area contributed by atoms with Crippen LogP contribution in [0.3, 0.4) is 0 Å². The summed E-state index contributed by atoms with van der Waals surface area (Å²) in [5, 5.41) is 0.688. The molecule has 0 unspecified atom stereocenters. The van der Waals surface area contributed by atoms with Crippen molar-refractivity contribution in [2.75, 3.05) is 24.6 Å². The van der Waals surface area contributed by atoms with Gasteiger partial charge in [-0.05, 0) is 86.7 Å². The van der Waals surface area contributed by atoms with Gasteiger partial charge < -0.3 is 9.64 Å². The number of hydrogen-bond donors (Lipinski definition) is 0. The van der Waals surface area contributed by atoms with Gasteiger partial charge in [-0.15, -0.1) is 0 Å². The third-order valence-corrected chi connectivity index (χ3v) is 7.23. The van der Waals surface area contributed by atoms with Gasteiger partial charge >= 0.3 is 5.97 Å². The van der Waals surface area contributed by atoms with Crippen LogP contribution in [0.5, 0.6) is 0 Å². The van der Waals surface area contributed by atoms with Gasteiger partial charge in [0.05, 0.1) is 12.5 Å². The largest absolute Gasteiger partial charge is 0.466 e. The van der Waals surface area contributed by atoms with Gasteiger partial charge in [-0.2, -0.15) is 0 Å². The van der Waals surface area contributed by atoms with Gasteiger partial charge in [-0.3, -0.25) is 14.6 Å². The van der Waals surface area contributed by atoms with Gasteiger partial charge in [0.15, 0.2) is 5.78 Å². The van der Waals surface area contributed by atoms with Crippen molar-refractivity contribution in [2.24, 2.45) is 5.92 Å². The lowest BCUT2D eigenvalue weighted by Crippen LogP contribution is -2.36. The van der Waals surface area contributed by atoms with Crippen LogP contribution in [0.2, 0.25) is 5.02 Å².